The fourth-order valence-corrected chi connectivity index (χ4v) is 2.03. The number of benzene rings is 1. The normalized spacial score (nSPS) is 15.4. The number of carbonyl (C=O) groups is 1. The van der Waals surface area contributed by atoms with Crippen LogP contribution >= 0.6 is 22.6 Å². The molecule has 0 N–H and O–H groups in total. The zero-order valence-electron chi connectivity index (χ0n) is 8.20. The standard InChI is InChI=1S/C12H11IO2/c13-10-5-3-4-9(8-10)12(14)11-6-1-2-7-15-11/h3-6,8H,1-2,7H2. The topological polar surface area (TPSA) is 26.3 Å². The Hall–Kier alpha value is -0.840. The first-order valence-corrected chi connectivity index (χ1v) is 5.98. The minimum atomic E-state index is -0.00628. The Labute approximate surface area is 102 Å². The Bertz CT molecular complexity index is 410. The lowest BCUT2D eigenvalue weighted by Gasteiger charge is -2.13. The van der Waals surface area contributed by atoms with Crippen LogP contribution in [0.15, 0.2) is 36.1 Å². The quantitative estimate of drug-likeness (QED) is 0.619. The lowest BCUT2D eigenvalue weighted by atomic mass is 10.1. The molecular formula is C12H11IO2. The highest BCUT2D eigenvalue weighted by Gasteiger charge is 2.15. The van der Waals surface area contributed by atoms with Gasteiger partial charge in [-0.1, -0.05) is 12.1 Å². The predicted octanol–water partition coefficient (Wildman–Crippen LogP) is 3.17. The number of allylic oxidation sites excluding steroid dienone is 2. The fourth-order valence-electron chi connectivity index (χ4n) is 1.49. The summed E-state index contributed by atoms with van der Waals surface area (Å²) in [5.74, 6) is 0.497. The minimum Gasteiger partial charge on any atom is -0.490 e. The SMILES string of the molecule is O=C(C1=CCCCO1)c1cccc(I)c1. The molecule has 0 saturated heterocycles. The monoisotopic (exact) mass is 314 g/mol. The highest BCUT2D eigenvalue weighted by molar-refractivity contribution is 14.1. The van der Waals surface area contributed by atoms with Crippen LogP contribution in [0, 0.1) is 3.57 Å². The molecule has 0 bridgehead atoms. The Balaban J connectivity index is 2.24. The summed E-state index contributed by atoms with van der Waals surface area (Å²) in [6.07, 6.45) is 3.82. The summed E-state index contributed by atoms with van der Waals surface area (Å²) in [5, 5.41) is 0. The van der Waals surface area contributed by atoms with E-state index in [1.807, 2.05) is 30.3 Å². The fraction of sp³-hybridized carbons (Fsp3) is 0.250. The molecule has 1 aliphatic rings. The molecule has 0 spiro atoms. The number of ketones is 1. The highest BCUT2D eigenvalue weighted by Crippen LogP contribution is 2.17. The van der Waals surface area contributed by atoms with Crippen molar-refractivity contribution in [2.24, 2.45) is 0 Å². The van der Waals surface area contributed by atoms with Crippen LogP contribution in [0.4, 0.5) is 0 Å². The van der Waals surface area contributed by atoms with E-state index in [1.165, 1.54) is 0 Å². The number of ether oxygens (including phenoxy) is 1. The third-order valence-electron chi connectivity index (χ3n) is 2.25. The second-order valence-electron chi connectivity index (χ2n) is 3.40. The van der Waals surface area contributed by atoms with Crippen molar-refractivity contribution in [1.29, 1.82) is 0 Å². The van der Waals surface area contributed by atoms with Gasteiger partial charge in [-0.05, 0) is 53.6 Å². The summed E-state index contributed by atoms with van der Waals surface area (Å²) in [4.78, 5) is 12.0. The molecule has 1 aromatic carbocycles. The van der Waals surface area contributed by atoms with E-state index in [9.17, 15) is 4.79 Å². The molecule has 1 heterocycles. The van der Waals surface area contributed by atoms with Gasteiger partial charge in [0.25, 0.3) is 0 Å². The third kappa shape index (κ3) is 2.59. The van der Waals surface area contributed by atoms with E-state index in [0.29, 0.717) is 17.9 Å². The van der Waals surface area contributed by atoms with Gasteiger partial charge in [-0.15, -0.1) is 0 Å². The van der Waals surface area contributed by atoms with Gasteiger partial charge in [-0.3, -0.25) is 4.79 Å². The van der Waals surface area contributed by atoms with Gasteiger partial charge >= 0.3 is 0 Å². The van der Waals surface area contributed by atoms with Crippen molar-refractivity contribution in [3.8, 4) is 0 Å². The van der Waals surface area contributed by atoms with Crippen molar-refractivity contribution < 1.29 is 9.53 Å². The van der Waals surface area contributed by atoms with Crippen LogP contribution in [0.2, 0.25) is 0 Å². The van der Waals surface area contributed by atoms with E-state index in [1.54, 1.807) is 0 Å². The lowest BCUT2D eigenvalue weighted by Crippen LogP contribution is -2.11. The van der Waals surface area contributed by atoms with E-state index < -0.39 is 0 Å². The van der Waals surface area contributed by atoms with Gasteiger partial charge in [0.2, 0.25) is 5.78 Å². The first kappa shape index (κ1) is 10.7. The van der Waals surface area contributed by atoms with E-state index in [0.717, 1.165) is 16.4 Å². The van der Waals surface area contributed by atoms with E-state index in [4.69, 9.17) is 4.74 Å². The molecule has 0 saturated carbocycles. The number of Topliss-reactive ketones (excluding diaryl/α,β-unsaturated/α-hetero) is 1. The smallest absolute Gasteiger partial charge is 0.227 e. The molecule has 0 amide bonds. The number of hydrogen-bond acceptors (Lipinski definition) is 2. The van der Waals surface area contributed by atoms with Gasteiger partial charge in [0.15, 0.2) is 5.76 Å². The van der Waals surface area contributed by atoms with Crippen molar-refractivity contribution in [2.75, 3.05) is 6.61 Å². The van der Waals surface area contributed by atoms with Crippen LogP contribution in [0.5, 0.6) is 0 Å². The summed E-state index contributed by atoms with van der Waals surface area (Å²) < 4.78 is 6.41. The molecule has 1 aliphatic heterocycles. The lowest BCUT2D eigenvalue weighted by molar-refractivity contribution is 0.0899. The van der Waals surface area contributed by atoms with Gasteiger partial charge in [0.05, 0.1) is 6.61 Å². The zero-order chi connectivity index (χ0) is 10.7. The van der Waals surface area contributed by atoms with Crippen LogP contribution in [0.3, 0.4) is 0 Å². The summed E-state index contributed by atoms with van der Waals surface area (Å²) in [6, 6.07) is 7.55. The summed E-state index contributed by atoms with van der Waals surface area (Å²) in [6.45, 7) is 0.654. The van der Waals surface area contributed by atoms with Crippen molar-refractivity contribution in [3.05, 3.63) is 45.2 Å². The maximum Gasteiger partial charge on any atom is 0.227 e. The van der Waals surface area contributed by atoms with Crippen LogP contribution in [0.1, 0.15) is 23.2 Å². The first-order chi connectivity index (χ1) is 7.27. The number of hydrogen-bond donors (Lipinski definition) is 0. The van der Waals surface area contributed by atoms with Gasteiger partial charge in [0.1, 0.15) is 0 Å². The largest absolute Gasteiger partial charge is 0.490 e. The van der Waals surface area contributed by atoms with Gasteiger partial charge < -0.3 is 4.74 Å². The molecule has 0 aliphatic carbocycles. The number of rotatable bonds is 2. The molecule has 0 aromatic heterocycles. The molecule has 3 heteroatoms. The first-order valence-electron chi connectivity index (χ1n) is 4.90. The van der Waals surface area contributed by atoms with E-state index in [-0.39, 0.29) is 5.78 Å². The second kappa shape index (κ2) is 4.79. The third-order valence-corrected chi connectivity index (χ3v) is 2.92. The van der Waals surface area contributed by atoms with Gasteiger partial charge in [-0.25, -0.2) is 0 Å². The summed E-state index contributed by atoms with van der Waals surface area (Å²) in [7, 11) is 0. The molecule has 1 aromatic rings. The van der Waals surface area contributed by atoms with Crippen LogP contribution in [0.25, 0.3) is 0 Å². The van der Waals surface area contributed by atoms with Crippen LogP contribution in [-0.2, 0) is 4.74 Å². The number of carbonyl (C=O) groups excluding carboxylic acids is 1. The molecule has 0 atom stereocenters. The Kier molecular flexibility index (Phi) is 3.41. The van der Waals surface area contributed by atoms with Crippen molar-refractivity contribution >= 4 is 28.4 Å². The zero-order valence-corrected chi connectivity index (χ0v) is 10.4. The number of halogens is 1. The molecule has 0 fully saturated rings. The van der Waals surface area contributed by atoms with Crippen molar-refractivity contribution in [1.82, 2.24) is 0 Å². The van der Waals surface area contributed by atoms with Crippen molar-refractivity contribution in [3.63, 3.8) is 0 Å². The van der Waals surface area contributed by atoms with Gasteiger partial charge in [0, 0.05) is 9.13 Å². The highest BCUT2D eigenvalue weighted by atomic mass is 127. The molecular weight excluding hydrogens is 303 g/mol. The molecule has 0 unspecified atom stereocenters. The Morgan fingerprint density at radius 3 is 2.93 bits per heavy atom. The van der Waals surface area contributed by atoms with E-state index in [2.05, 4.69) is 22.6 Å². The molecule has 78 valence electrons. The maximum absolute atomic E-state index is 12.0. The molecule has 0 radical (unpaired) electrons. The van der Waals surface area contributed by atoms with Crippen molar-refractivity contribution in [2.45, 2.75) is 12.8 Å². The predicted molar refractivity (Wildman–Crippen MR) is 66.8 cm³/mol. The average Bonchev–Trinajstić information content (AvgIpc) is 2.29. The van der Waals surface area contributed by atoms with Crippen LogP contribution in [-0.4, -0.2) is 12.4 Å². The minimum absolute atomic E-state index is 0.00628. The molecule has 15 heavy (non-hydrogen) atoms. The summed E-state index contributed by atoms with van der Waals surface area (Å²) >= 11 is 2.20. The Morgan fingerprint density at radius 1 is 1.40 bits per heavy atom. The maximum atomic E-state index is 12.0. The average molecular weight is 314 g/mol. The van der Waals surface area contributed by atoms with Crippen LogP contribution < -0.4 is 0 Å². The summed E-state index contributed by atoms with van der Waals surface area (Å²) in [5.41, 5.74) is 0.704. The second-order valence-corrected chi connectivity index (χ2v) is 4.64. The molecule has 2 rings (SSSR count). The van der Waals surface area contributed by atoms with E-state index >= 15 is 0 Å². The van der Waals surface area contributed by atoms with Gasteiger partial charge in [-0.2, -0.15) is 0 Å². The Morgan fingerprint density at radius 2 is 2.27 bits per heavy atom. The molecule has 2 nitrogen and oxygen atoms in total.